The highest BCUT2D eigenvalue weighted by atomic mass is 32.2. The maximum Gasteiger partial charge on any atom is 0.161 e. The number of benzene rings is 1. The molecule has 0 aromatic heterocycles. The normalized spacial score (nSPS) is 9.73. The van der Waals surface area contributed by atoms with Gasteiger partial charge >= 0.3 is 0 Å². The Hall–Kier alpha value is -1.16. The van der Waals surface area contributed by atoms with Crippen molar-refractivity contribution in [2.24, 2.45) is 0 Å². The van der Waals surface area contributed by atoms with Gasteiger partial charge < -0.3 is 10.1 Å². The van der Waals surface area contributed by atoms with Gasteiger partial charge in [0.1, 0.15) is 5.75 Å². The molecule has 1 aromatic carbocycles. The second kappa shape index (κ2) is 6.35. The van der Waals surface area contributed by atoms with Gasteiger partial charge in [0.05, 0.1) is 19.4 Å². The first-order chi connectivity index (χ1) is 7.26. The first kappa shape index (κ1) is 11.9. The van der Waals surface area contributed by atoms with Crippen LogP contribution in [0.15, 0.2) is 24.3 Å². The van der Waals surface area contributed by atoms with Gasteiger partial charge in [-0.15, -0.1) is 0 Å². The number of ketones is 1. The molecule has 0 amide bonds. The minimum absolute atomic E-state index is 0.199. The predicted octanol–water partition coefficient (Wildman–Crippen LogP) is 2.04. The van der Waals surface area contributed by atoms with Crippen molar-refractivity contribution in [3.63, 3.8) is 0 Å². The summed E-state index contributed by atoms with van der Waals surface area (Å²) in [6.07, 6.45) is 1.92. The number of anilines is 1. The first-order valence-corrected chi connectivity index (χ1v) is 6.04. The van der Waals surface area contributed by atoms with Gasteiger partial charge in [-0.25, -0.2) is 0 Å². The van der Waals surface area contributed by atoms with Gasteiger partial charge in [-0.3, -0.25) is 4.79 Å². The van der Waals surface area contributed by atoms with Crippen LogP contribution in [0.4, 0.5) is 5.69 Å². The first-order valence-electron chi connectivity index (χ1n) is 4.65. The van der Waals surface area contributed by atoms with Crippen LogP contribution < -0.4 is 10.1 Å². The van der Waals surface area contributed by atoms with E-state index in [-0.39, 0.29) is 5.78 Å². The highest BCUT2D eigenvalue weighted by molar-refractivity contribution is 7.99. The van der Waals surface area contributed by atoms with Crippen LogP contribution >= 0.6 is 11.8 Å². The van der Waals surface area contributed by atoms with Crippen LogP contribution in [0.25, 0.3) is 0 Å². The summed E-state index contributed by atoms with van der Waals surface area (Å²) in [5, 5.41) is 3.06. The highest BCUT2D eigenvalue weighted by Gasteiger charge is 2.00. The highest BCUT2D eigenvalue weighted by Crippen LogP contribution is 2.16. The van der Waals surface area contributed by atoms with E-state index in [1.54, 1.807) is 7.11 Å². The van der Waals surface area contributed by atoms with E-state index in [0.29, 0.717) is 12.3 Å². The SMILES string of the molecule is COc1cccc(NCC(=O)CSC)c1. The van der Waals surface area contributed by atoms with Crippen LogP contribution in [0.3, 0.4) is 0 Å². The van der Waals surface area contributed by atoms with Crippen molar-refractivity contribution in [2.45, 2.75) is 0 Å². The molecule has 0 saturated heterocycles. The fraction of sp³-hybridized carbons (Fsp3) is 0.364. The number of thioether (sulfide) groups is 1. The number of methoxy groups -OCH3 is 1. The van der Waals surface area contributed by atoms with E-state index in [9.17, 15) is 4.79 Å². The Morgan fingerprint density at radius 1 is 1.53 bits per heavy atom. The van der Waals surface area contributed by atoms with Gasteiger partial charge in [0.25, 0.3) is 0 Å². The summed E-state index contributed by atoms with van der Waals surface area (Å²) < 4.78 is 5.08. The Kier molecular flexibility index (Phi) is 5.04. The molecule has 1 rings (SSSR count). The third-order valence-electron chi connectivity index (χ3n) is 1.86. The van der Waals surface area contributed by atoms with E-state index in [0.717, 1.165) is 11.4 Å². The fourth-order valence-corrected chi connectivity index (χ4v) is 1.57. The summed E-state index contributed by atoms with van der Waals surface area (Å²) in [5.41, 5.74) is 0.906. The van der Waals surface area contributed by atoms with Gasteiger partial charge in [0.2, 0.25) is 0 Å². The number of hydrogen-bond donors (Lipinski definition) is 1. The topological polar surface area (TPSA) is 38.3 Å². The Balaban J connectivity index is 2.46. The lowest BCUT2D eigenvalue weighted by atomic mass is 10.3. The van der Waals surface area contributed by atoms with Crippen LogP contribution in [0, 0.1) is 0 Å². The third kappa shape index (κ3) is 4.25. The molecule has 3 nitrogen and oxygen atoms in total. The number of Topliss-reactive ketones (excluding diaryl/α,β-unsaturated/α-hetero) is 1. The van der Waals surface area contributed by atoms with E-state index >= 15 is 0 Å². The molecule has 1 aromatic rings. The third-order valence-corrected chi connectivity index (χ3v) is 2.48. The number of ether oxygens (including phenoxy) is 1. The molecule has 0 atom stereocenters. The maximum absolute atomic E-state index is 11.3. The van der Waals surface area contributed by atoms with Crippen LogP contribution in [0.1, 0.15) is 0 Å². The molecule has 0 fully saturated rings. The van der Waals surface area contributed by atoms with Crippen molar-refractivity contribution in [3.05, 3.63) is 24.3 Å². The van der Waals surface area contributed by atoms with Gasteiger partial charge in [0, 0.05) is 11.8 Å². The monoisotopic (exact) mass is 225 g/mol. The van der Waals surface area contributed by atoms with Gasteiger partial charge in [-0.05, 0) is 18.4 Å². The van der Waals surface area contributed by atoms with E-state index in [2.05, 4.69) is 5.32 Å². The molecule has 0 bridgehead atoms. The van der Waals surface area contributed by atoms with Gasteiger partial charge in [0.15, 0.2) is 5.78 Å². The molecule has 0 radical (unpaired) electrons. The molecular formula is C11H15NO2S. The lowest BCUT2D eigenvalue weighted by Gasteiger charge is -2.06. The molecule has 0 heterocycles. The Bertz CT molecular complexity index is 328. The number of carbonyl (C=O) groups excluding carboxylic acids is 1. The number of carbonyl (C=O) groups is 1. The Morgan fingerprint density at radius 2 is 2.33 bits per heavy atom. The summed E-state index contributed by atoms with van der Waals surface area (Å²) >= 11 is 1.54. The lowest BCUT2D eigenvalue weighted by Crippen LogP contribution is -2.15. The molecular weight excluding hydrogens is 210 g/mol. The van der Waals surface area contributed by atoms with Crippen molar-refractivity contribution in [2.75, 3.05) is 31.0 Å². The largest absolute Gasteiger partial charge is 0.497 e. The number of hydrogen-bond acceptors (Lipinski definition) is 4. The molecule has 0 unspecified atom stereocenters. The van der Waals surface area contributed by atoms with E-state index < -0.39 is 0 Å². The van der Waals surface area contributed by atoms with Crippen molar-refractivity contribution in [3.8, 4) is 5.75 Å². The van der Waals surface area contributed by atoms with E-state index in [1.165, 1.54) is 11.8 Å². The zero-order chi connectivity index (χ0) is 11.1. The van der Waals surface area contributed by atoms with Crippen molar-refractivity contribution >= 4 is 23.2 Å². The smallest absolute Gasteiger partial charge is 0.161 e. The summed E-state index contributed by atoms with van der Waals surface area (Å²) in [7, 11) is 1.62. The van der Waals surface area contributed by atoms with Crippen LogP contribution in [-0.4, -0.2) is 31.4 Å². The molecule has 0 aliphatic heterocycles. The quantitative estimate of drug-likeness (QED) is 0.804. The summed E-state index contributed by atoms with van der Waals surface area (Å²) in [6, 6.07) is 7.54. The summed E-state index contributed by atoms with van der Waals surface area (Å²) in [5.74, 6) is 1.54. The second-order valence-electron chi connectivity index (χ2n) is 3.06. The zero-order valence-electron chi connectivity index (χ0n) is 8.95. The maximum atomic E-state index is 11.3. The standard InChI is InChI=1S/C11H15NO2S/c1-14-11-5-3-4-9(6-11)12-7-10(13)8-15-2/h3-6,12H,7-8H2,1-2H3. The Morgan fingerprint density at radius 3 is 3.00 bits per heavy atom. The van der Waals surface area contributed by atoms with E-state index in [4.69, 9.17) is 4.74 Å². The molecule has 15 heavy (non-hydrogen) atoms. The molecule has 4 heteroatoms. The van der Waals surface area contributed by atoms with Crippen LogP contribution in [0.2, 0.25) is 0 Å². The molecule has 1 N–H and O–H groups in total. The molecule has 0 saturated carbocycles. The van der Waals surface area contributed by atoms with Crippen LogP contribution in [0.5, 0.6) is 5.75 Å². The van der Waals surface area contributed by atoms with Gasteiger partial charge in [-0.1, -0.05) is 6.07 Å². The number of nitrogens with one attached hydrogen (secondary N) is 1. The molecule has 82 valence electrons. The number of rotatable bonds is 6. The lowest BCUT2D eigenvalue weighted by molar-refractivity contribution is -0.115. The van der Waals surface area contributed by atoms with E-state index in [1.807, 2.05) is 30.5 Å². The Labute approximate surface area is 94.2 Å². The minimum Gasteiger partial charge on any atom is -0.497 e. The fourth-order valence-electron chi connectivity index (χ4n) is 1.15. The minimum atomic E-state index is 0.199. The summed E-state index contributed by atoms with van der Waals surface area (Å²) in [6.45, 7) is 0.369. The van der Waals surface area contributed by atoms with Crippen molar-refractivity contribution < 1.29 is 9.53 Å². The average molecular weight is 225 g/mol. The average Bonchev–Trinajstić information content (AvgIpc) is 2.27. The van der Waals surface area contributed by atoms with Crippen molar-refractivity contribution in [1.29, 1.82) is 0 Å². The zero-order valence-corrected chi connectivity index (χ0v) is 9.76. The molecule has 0 aliphatic carbocycles. The summed E-state index contributed by atoms with van der Waals surface area (Å²) in [4.78, 5) is 11.3. The molecule has 0 aliphatic rings. The van der Waals surface area contributed by atoms with Gasteiger partial charge in [-0.2, -0.15) is 11.8 Å². The predicted molar refractivity (Wildman–Crippen MR) is 64.9 cm³/mol. The second-order valence-corrected chi connectivity index (χ2v) is 3.92. The molecule has 0 spiro atoms. The van der Waals surface area contributed by atoms with Crippen LogP contribution in [-0.2, 0) is 4.79 Å². The van der Waals surface area contributed by atoms with Crippen molar-refractivity contribution in [1.82, 2.24) is 0 Å².